The van der Waals surface area contributed by atoms with Crippen LogP contribution < -0.4 is 15.4 Å². The Hall–Kier alpha value is -4.16. The van der Waals surface area contributed by atoms with Crippen LogP contribution in [0.15, 0.2) is 89.8 Å². The summed E-state index contributed by atoms with van der Waals surface area (Å²) in [5.41, 5.74) is 1.17. The van der Waals surface area contributed by atoms with E-state index in [2.05, 4.69) is 10.6 Å². The van der Waals surface area contributed by atoms with Gasteiger partial charge in [-0.25, -0.2) is 13.2 Å². The molecule has 45 heavy (non-hydrogen) atoms. The Morgan fingerprint density at radius 1 is 1.07 bits per heavy atom. The van der Waals surface area contributed by atoms with Crippen LogP contribution in [0.3, 0.4) is 0 Å². The van der Waals surface area contributed by atoms with E-state index in [0.717, 1.165) is 10.8 Å². The number of urea groups is 1. The molecule has 0 radical (unpaired) electrons. The third kappa shape index (κ3) is 7.07. The first-order valence-electron chi connectivity index (χ1n) is 14.5. The minimum absolute atomic E-state index is 0.00541. The fourth-order valence-corrected chi connectivity index (χ4v) is 6.58. The largest absolute Gasteiger partial charge is 0.488 e. The normalized spacial score (nSPS) is 17.6. The monoisotopic (exact) mass is 650 g/mol. The number of benzene rings is 4. The number of nitrogens with zero attached hydrogens (tertiary/aromatic N) is 2. The number of sulfonamides is 1. The number of likely N-dealkylation sites (N-methyl/N-ethyl adjacent to an activating group) is 1. The molecule has 3 atom stereocenters. The second-order valence-corrected chi connectivity index (χ2v) is 13.7. The number of carbonyl (C=O) groups excluding carboxylic acids is 2. The van der Waals surface area contributed by atoms with Crippen molar-refractivity contribution in [3.05, 3.63) is 95.5 Å². The van der Waals surface area contributed by atoms with E-state index in [1.807, 2.05) is 43.3 Å². The fraction of sp³-hybridized carbons (Fsp3) is 0.273. The summed E-state index contributed by atoms with van der Waals surface area (Å²) < 4.78 is 34.2. The molecule has 0 bridgehead atoms. The summed E-state index contributed by atoms with van der Waals surface area (Å²) >= 11 is 5.95. The number of hydrogen-bond donors (Lipinski definition) is 3. The van der Waals surface area contributed by atoms with E-state index in [4.69, 9.17) is 16.3 Å². The Kier molecular flexibility index (Phi) is 9.64. The first-order valence-corrected chi connectivity index (χ1v) is 16.3. The van der Waals surface area contributed by atoms with Crippen LogP contribution in [-0.2, 0) is 10.0 Å². The van der Waals surface area contributed by atoms with Gasteiger partial charge in [-0.2, -0.15) is 4.31 Å². The molecule has 4 aromatic rings. The molecule has 0 aromatic heterocycles. The molecule has 0 saturated carbocycles. The van der Waals surface area contributed by atoms with Gasteiger partial charge in [-0.3, -0.25) is 4.79 Å². The number of carbonyl (C=O) groups is 2. The lowest BCUT2D eigenvalue weighted by molar-refractivity contribution is 0.0387. The predicted octanol–water partition coefficient (Wildman–Crippen LogP) is 5.68. The predicted molar refractivity (Wildman–Crippen MR) is 175 cm³/mol. The quantitative estimate of drug-likeness (QED) is 0.225. The number of aliphatic hydroxyl groups is 1. The summed E-state index contributed by atoms with van der Waals surface area (Å²) in [4.78, 5) is 28.5. The maximum Gasteiger partial charge on any atom is 0.323 e. The van der Waals surface area contributed by atoms with Crippen LogP contribution in [0.4, 0.5) is 16.2 Å². The van der Waals surface area contributed by atoms with Gasteiger partial charge in [0.1, 0.15) is 11.9 Å². The van der Waals surface area contributed by atoms with E-state index in [1.54, 1.807) is 30.0 Å². The third-order valence-electron chi connectivity index (χ3n) is 7.92. The molecule has 1 heterocycles. The van der Waals surface area contributed by atoms with Gasteiger partial charge in [-0.05, 0) is 60.8 Å². The van der Waals surface area contributed by atoms with Gasteiger partial charge in [0.15, 0.2) is 0 Å². The standard InChI is InChI=1S/C33H35ClN4O6S/c1-21-18-38(22(2)20-39)32(40)28-17-25(35-33(41)36-29-10-6-8-23-7-4-5-9-27(23)29)13-16-30(28)44-31(21)19-37(3)45(42,43)26-14-11-24(34)12-15-26/h4-17,21-22,31,39H,18-20H2,1-3H3,(H2,35,36,41)/t21-,22-,31-/m1/s1. The number of hydrogen-bond acceptors (Lipinski definition) is 6. The highest BCUT2D eigenvalue weighted by Gasteiger charge is 2.35. The van der Waals surface area contributed by atoms with Crippen LogP contribution in [0.2, 0.25) is 5.02 Å². The molecule has 5 rings (SSSR count). The van der Waals surface area contributed by atoms with Crippen molar-refractivity contribution in [2.45, 2.75) is 30.9 Å². The molecule has 10 nitrogen and oxygen atoms in total. The molecule has 0 unspecified atom stereocenters. The number of amides is 3. The van der Waals surface area contributed by atoms with Gasteiger partial charge in [-0.15, -0.1) is 0 Å². The van der Waals surface area contributed by atoms with E-state index in [0.29, 0.717) is 16.4 Å². The summed E-state index contributed by atoms with van der Waals surface area (Å²) in [5.74, 6) is -0.440. The zero-order valence-electron chi connectivity index (χ0n) is 25.1. The highest BCUT2D eigenvalue weighted by Crippen LogP contribution is 2.32. The van der Waals surface area contributed by atoms with Crippen molar-refractivity contribution in [2.75, 3.05) is 37.4 Å². The number of fused-ring (bicyclic) bond motifs is 2. The zero-order valence-corrected chi connectivity index (χ0v) is 26.7. The molecular formula is C33H35ClN4O6S. The summed E-state index contributed by atoms with van der Waals surface area (Å²) in [5, 5.41) is 17.9. The minimum Gasteiger partial charge on any atom is -0.488 e. The SMILES string of the molecule is C[C@@H]1CN([C@H](C)CO)C(=O)c2cc(NC(=O)Nc3cccc4ccccc34)ccc2O[C@@H]1CN(C)S(=O)(=O)c1ccc(Cl)cc1. The van der Waals surface area contributed by atoms with Crippen molar-refractivity contribution in [3.63, 3.8) is 0 Å². The lowest BCUT2D eigenvalue weighted by atomic mass is 9.99. The lowest BCUT2D eigenvalue weighted by Gasteiger charge is -2.38. The van der Waals surface area contributed by atoms with Gasteiger partial charge in [0.05, 0.1) is 35.3 Å². The summed E-state index contributed by atoms with van der Waals surface area (Å²) in [6.07, 6.45) is -0.647. The minimum atomic E-state index is -3.86. The van der Waals surface area contributed by atoms with E-state index in [9.17, 15) is 23.1 Å². The Morgan fingerprint density at radius 3 is 2.51 bits per heavy atom. The second kappa shape index (κ2) is 13.5. The van der Waals surface area contributed by atoms with E-state index >= 15 is 0 Å². The maximum atomic E-state index is 13.8. The van der Waals surface area contributed by atoms with Gasteiger partial charge in [0.2, 0.25) is 10.0 Å². The van der Waals surface area contributed by atoms with Crippen molar-refractivity contribution in [2.24, 2.45) is 5.92 Å². The topological polar surface area (TPSA) is 128 Å². The molecule has 0 fully saturated rings. The van der Waals surface area contributed by atoms with Gasteiger partial charge < -0.3 is 25.4 Å². The first kappa shape index (κ1) is 32.2. The summed E-state index contributed by atoms with van der Waals surface area (Å²) in [6.45, 7) is 3.54. The highest BCUT2D eigenvalue weighted by atomic mass is 35.5. The Morgan fingerprint density at radius 2 is 1.78 bits per heavy atom. The third-order valence-corrected chi connectivity index (χ3v) is 10.0. The van der Waals surface area contributed by atoms with Gasteiger partial charge >= 0.3 is 6.03 Å². The van der Waals surface area contributed by atoms with Crippen LogP contribution in [0, 0.1) is 5.92 Å². The number of aliphatic hydroxyl groups excluding tert-OH is 1. The number of anilines is 2. The van der Waals surface area contributed by atoms with Crippen molar-refractivity contribution in [1.82, 2.24) is 9.21 Å². The van der Waals surface area contributed by atoms with E-state index in [1.165, 1.54) is 41.7 Å². The van der Waals surface area contributed by atoms with Crippen LogP contribution in [0.5, 0.6) is 5.75 Å². The first-order chi connectivity index (χ1) is 21.5. The van der Waals surface area contributed by atoms with Crippen LogP contribution in [0.25, 0.3) is 10.8 Å². The summed E-state index contributed by atoms with van der Waals surface area (Å²) in [7, 11) is -2.39. The van der Waals surface area contributed by atoms with E-state index < -0.39 is 28.2 Å². The molecule has 1 aliphatic rings. The number of rotatable bonds is 8. The molecule has 0 saturated heterocycles. The van der Waals surface area contributed by atoms with Crippen LogP contribution >= 0.6 is 11.6 Å². The molecule has 4 aromatic carbocycles. The van der Waals surface area contributed by atoms with Crippen LogP contribution in [0.1, 0.15) is 24.2 Å². The van der Waals surface area contributed by atoms with Crippen molar-refractivity contribution in [1.29, 1.82) is 0 Å². The average Bonchev–Trinajstić information content (AvgIpc) is 3.03. The van der Waals surface area contributed by atoms with Crippen molar-refractivity contribution < 1.29 is 27.9 Å². The zero-order chi connectivity index (χ0) is 32.3. The summed E-state index contributed by atoms with van der Waals surface area (Å²) in [6, 6.07) is 22.9. The highest BCUT2D eigenvalue weighted by molar-refractivity contribution is 7.89. The average molecular weight is 651 g/mol. The number of ether oxygens (including phenoxy) is 1. The molecule has 3 N–H and O–H groups in total. The van der Waals surface area contributed by atoms with Crippen molar-refractivity contribution >= 4 is 55.7 Å². The Labute approximate surface area is 267 Å². The molecule has 0 spiro atoms. The fourth-order valence-electron chi connectivity index (χ4n) is 5.28. The van der Waals surface area contributed by atoms with Crippen molar-refractivity contribution in [3.8, 4) is 5.75 Å². The maximum absolute atomic E-state index is 13.8. The molecule has 236 valence electrons. The molecule has 12 heteroatoms. The number of nitrogens with one attached hydrogen (secondary N) is 2. The lowest BCUT2D eigenvalue weighted by Crippen LogP contribution is -2.50. The molecular weight excluding hydrogens is 616 g/mol. The second-order valence-electron chi connectivity index (χ2n) is 11.2. The molecule has 3 amide bonds. The van der Waals surface area contributed by atoms with Crippen LogP contribution in [-0.4, -0.2) is 73.6 Å². The Balaban J connectivity index is 1.41. The molecule has 0 aliphatic carbocycles. The van der Waals surface area contributed by atoms with Gasteiger partial charge in [0, 0.05) is 35.6 Å². The van der Waals surface area contributed by atoms with E-state index in [-0.39, 0.29) is 47.7 Å². The number of halogens is 1. The van der Waals surface area contributed by atoms with Gasteiger partial charge in [0.25, 0.3) is 5.91 Å². The smallest absolute Gasteiger partial charge is 0.323 e. The molecule has 1 aliphatic heterocycles. The van der Waals surface area contributed by atoms with Gasteiger partial charge in [-0.1, -0.05) is 54.9 Å². The Bertz CT molecular complexity index is 1810.